The van der Waals surface area contributed by atoms with Crippen LogP contribution >= 0.6 is 0 Å². The van der Waals surface area contributed by atoms with E-state index in [9.17, 15) is 4.79 Å². The van der Waals surface area contributed by atoms with Crippen molar-refractivity contribution in [1.29, 1.82) is 0 Å². The molecular formula is C26H26N2O2. The number of fused-ring (bicyclic) bond motifs is 2. The fraction of sp³-hybridized carbons (Fsp3) is 0.269. The third-order valence-corrected chi connectivity index (χ3v) is 6.59. The Morgan fingerprint density at radius 3 is 1.93 bits per heavy atom. The maximum atomic E-state index is 13.0. The van der Waals surface area contributed by atoms with Gasteiger partial charge in [0.2, 0.25) is 0 Å². The maximum absolute atomic E-state index is 13.0. The van der Waals surface area contributed by atoms with Gasteiger partial charge >= 0.3 is 5.97 Å². The lowest BCUT2D eigenvalue weighted by molar-refractivity contribution is -0.135. The number of cyclic esters (lactones) is 1. The lowest BCUT2D eigenvalue weighted by Crippen LogP contribution is -2.07. The molecule has 0 saturated heterocycles. The summed E-state index contributed by atoms with van der Waals surface area (Å²) in [5.74, 6) is 0.0196. The van der Waals surface area contributed by atoms with Crippen LogP contribution in [0.3, 0.4) is 0 Å². The zero-order valence-corrected chi connectivity index (χ0v) is 18.3. The van der Waals surface area contributed by atoms with E-state index in [1.54, 1.807) is 0 Å². The molecule has 152 valence electrons. The first-order valence-electron chi connectivity index (χ1n) is 10.4. The summed E-state index contributed by atoms with van der Waals surface area (Å²) < 4.78 is 5.85. The average molecular weight is 399 g/mol. The molecule has 4 nitrogen and oxygen atoms in total. The van der Waals surface area contributed by atoms with Crippen molar-refractivity contribution in [3.63, 3.8) is 0 Å². The molecule has 5 rings (SSSR count). The van der Waals surface area contributed by atoms with Crippen molar-refractivity contribution in [2.45, 2.75) is 47.5 Å². The van der Waals surface area contributed by atoms with Crippen molar-refractivity contribution >= 4 is 33.5 Å². The largest absolute Gasteiger partial charge is 0.425 e. The van der Waals surface area contributed by atoms with Crippen molar-refractivity contribution < 1.29 is 9.53 Å². The summed E-state index contributed by atoms with van der Waals surface area (Å²) in [6.45, 7) is 12.5. The van der Waals surface area contributed by atoms with Crippen molar-refractivity contribution in [1.82, 2.24) is 9.97 Å². The lowest BCUT2D eigenvalue weighted by Gasteiger charge is -2.07. The van der Waals surface area contributed by atoms with E-state index in [2.05, 4.69) is 61.9 Å². The molecule has 3 heterocycles. The molecule has 2 aromatic heterocycles. The molecule has 2 N–H and O–H groups in total. The lowest BCUT2D eigenvalue weighted by atomic mass is 9.94. The topological polar surface area (TPSA) is 57.9 Å². The number of hydrogen-bond donors (Lipinski definition) is 2. The number of ether oxygens (including phenoxy) is 1. The van der Waals surface area contributed by atoms with Crippen LogP contribution in [0, 0.1) is 41.5 Å². The monoisotopic (exact) mass is 398 g/mol. The van der Waals surface area contributed by atoms with Gasteiger partial charge in [-0.2, -0.15) is 0 Å². The molecule has 1 aliphatic rings. The number of aromatic amines is 2. The molecule has 0 saturated carbocycles. The molecule has 1 atom stereocenters. The summed E-state index contributed by atoms with van der Waals surface area (Å²) in [7, 11) is 0. The predicted molar refractivity (Wildman–Crippen MR) is 122 cm³/mol. The second kappa shape index (κ2) is 6.36. The normalized spacial score (nSPS) is 16.5. The molecule has 0 bridgehead atoms. The van der Waals surface area contributed by atoms with E-state index in [-0.39, 0.29) is 5.97 Å². The zero-order valence-electron chi connectivity index (χ0n) is 18.3. The Hall–Kier alpha value is -3.27. The van der Waals surface area contributed by atoms with Gasteiger partial charge in [-0.25, -0.2) is 0 Å². The Morgan fingerprint density at radius 1 is 0.733 bits per heavy atom. The molecule has 4 aromatic rings. The highest BCUT2D eigenvalue weighted by atomic mass is 16.5. The zero-order chi connectivity index (χ0) is 21.3. The van der Waals surface area contributed by atoms with Crippen LogP contribution in [0.1, 0.15) is 50.7 Å². The summed E-state index contributed by atoms with van der Waals surface area (Å²) in [5.41, 5.74) is 11.1. The molecule has 0 fully saturated rings. The Balaban J connectivity index is 1.68. The van der Waals surface area contributed by atoms with Crippen LogP contribution in [0.5, 0.6) is 0 Å². The maximum Gasteiger partial charge on any atom is 0.322 e. The second-order valence-corrected chi connectivity index (χ2v) is 8.68. The first-order chi connectivity index (χ1) is 14.2. The predicted octanol–water partition coefficient (Wildman–Crippen LogP) is 6.18. The van der Waals surface area contributed by atoms with Crippen molar-refractivity contribution in [3.05, 3.63) is 75.1 Å². The van der Waals surface area contributed by atoms with Gasteiger partial charge in [-0.1, -0.05) is 0 Å². The third-order valence-electron chi connectivity index (χ3n) is 6.59. The highest BCUT2D eigenvalue weighted by Gasteiger charge is 2.34. The Labute approximate surface area is 175 Å². The number of nitrogens with one attached hydrogen (secondary N) is 2. The van der Waals surface area contributed by atoms with E-state index < -0.39 is 5.92 Å². The summed E-state index contributed by atoms with van der Waals surface area (Å²) in [6, 6.07) is 8.66. The van der Waals surface area contributed by atoms with Crippen LogP contribution in [0.2, 0.25) is 0 Å². The van der Waals surface area contributed by atoms with Gasteiger partial charge in [0.1, 0.15) is 11.7 Å². The first-order valence-corrected chi connectivity index (χ1v) is 10.4. The van der Waals surface area contributed by atoms with Crippen LogP contribution in [0.15, 0.2) is 30.3 Å². The van der Waals surface area contributed by atoms with Crippen molar-refractivity contribution in [2.24, 2.45) is 0 Å². The number of rotatable bonds is 2. The minimum absolute atomic E-state index is 0.218. The summed E-state index contributed by atoms with van der Waals surface area (Å²) in [6.07, 6.45) is 1.98. The fourth-order valence-electron chi connectivity index (χ4n) is 4.69. The summed E-state index contributed by atoms with van der Waals surface area (Å²) in [4.78, 5) is 19.9. The number of aromatic nitrogens is 2. The Kier molecular flexibility index (Phi) is 3.97. The van der Waals surface area contributed by atoms with E-state index in [0.29, 0.717) is 5.76 Å². The minimum atomic E-state index is -0.410. The van der Waals surface area contributed by atoms with E-state index >= 15 is 0 Å². The Morgan fingerprint density at radius 2 is 1.27 bits per heavy atom. The van der Waals surface area contributed by atoms with Gasteiger partial charge in [0.15, 0.2) is 0 Å². The van der Waals surface area contributed by atoms with E-state index in [1.165, 1.54) is 22.3 Å². The number of benzene rings is 2. The van der Waals surface area contributed by atoms with E-state index in [0.717, 1.165) is 44.3 Å². The Bertz CT molecular complexity index is 1400. The number of carbonyl (C=O) groups excluding carboxylic acids is 1. The van der Waals surface area contributed by atoms with Crippen LogP contribution in [0.4, 0.5) is 0 Å². The number of aryl methyl sites for hydroxylation is 6. The minimum Gasteiger partial charge on any atom is -0.425 e. The fourth-order valence-corrected chi connectivity index (χ4v) is 4.69. The van der Waals surface area contributed by atoms with Crippen LogP contribution < -0.4 is 0 Å². The smallest absolute Gasteiger partial charge is 0.322 e. The number of carbonyl (C=O) groups is 1. The van der Waals surface area contributed by atoms with Gasteiger partial charge in [0, 0.05) is 38.8 Å². The molecular weight excluding hydrogens is 372 g/mol. The molecule has 4 heteroatoms. The van der Waals surface area contributed by atoms with Gasteiger partial charge < -0.3 is 14.7 Å². The molecule has 1 unspecified atom stereocenters. The second-order valence-electron chi connectivity index (χ2n) is 8.68. The van der Waals surface area contributed by atoms with Crippen LogP contribution in [0.25, 0.3) is 27.6 Å². The number of H-pyrrole nitrogens is 2. The van der Waals surface area contributed by atoms with Gasteiger partial charge in [0.25, 0.3) is 0 Å². The van der Waals surface area contributed by atoms with E-state index in [1.807, 2.05) is 19.9 Å². The molecule has 0 spiro atoms. The quantitative estimate of drug-likeness (QED) is 0.396. The molecule has 1 aliphatic heterocycles. The van der Waals surface area contributed by atoms with Crippen LogP contribution in [-0.2, 0) is 9.53 Å². The van der Waals surface area contributed by atoms with Crippen molar-refractivity contribution in [2.75, 3.05) is 0 Å². The SMILES string of the molecule is Cc1cc2[nH]c(C)c(C3=CC(c4c(C)[nH]c5cc(C)c(C)cc45)C(=O)O3)c2cc1C. The average Bonchev–Trinajstić information content (AvgIpc) is 3.28. The van der Waals surface area contributed by atoms with Gasteiger partial charge in [-0.05, 0) is 99.7 Å². The third kappa shape index (κ3) is 2.63. The number of esters is 1. The van der Waals surface area contributed by atoms with Gasteiger partial charge in [-0.3, -0.25) is 4.79 Å². The molecule has 0 radical (unpaired) electrons. The highest BCUT2D eigenvalue weighted by molar-refractivity contribution is 6.02. The summed E-state index contributed by atoms with van der Waals surface area (Å²) in [5, 5.41) is 2.19. The van der Waals surface area contributed by atoms with Gasteiger partial charge in [-0.15, -0.1) is 0 Å². The molecule has 30 heavy (non-hydrogen) atoms. The molecule has 0 amide bonds. The van der Waals surface area contributed by atoms with Crippen LogP contribution in [-0.4, -0.2) is 15.9 Å². The standard InChI is InChI=1S/C26H26N2O2/c1-12-7-18-21(9-14(12)3)27-16(5)24(18)20-11-23(30-26(20)29)25-17(6)28-22-10-15(4)13(2)8-19(22)25/h7-11,20,27-28H,1-6H3. The first kappa shape index (κ1) is 18.7. The highest BCUT2D eigenvalue weighted by Crippen LogP contribution is 2.41. The summed E-state index contributed by atoms with van der Waals surface area (Å²) >= 11 is 0. The molecule has 2 aromatic carbocycles. The van der Waals surface area contributed by atoms with Gasteiger partial charge in [0.05, 0.1) is 0 Å². The van der Waals surface area contributed by atoms with E-state index in [4.69, 9.17) is 4.74 Å². The van der Waals surface area contributed by atoms with Crippen molar-refractivity contribution in [3.8, 4) is 0 Å². The molecule has 0 aliphatic carbocycles. The number of hydrogen-bond acceptors (Lipinski definition) is 2.